The van der Waals surface area contributed by atoms with Gasteiger partial charge in [0.05, 0.1) is 23.2 Å². The molecule has 4 rings (SSSR count). The highest BCUT2D eigenvalue weighted by molar-refractivity contribution is 6.46. The molecule has 3 aromatic rings. The van der Waals surface area contributed by atoms with E-state index in [1.807, 2.05) is 0 Å². The van der Waals surface area contributed by atoms with Crippen LogP contribution in [0.2, 0.25) is 5.02 Å². The predicted octanol–water partition coefficient (Wildman–Crippen LogP) is 5.64. The van der Waals surface area contributed by atoms with Gasteiger partial charge in [-0.2, -0.15) is 0 Å². The smallest absolute Gasteiger partial charge is 0.295 e. The molecule has 0 radical (unpaired) electrons. The Morgan fingerprint density at radius 3 is 2.44 bits per heavy atom. The molecule has 0 spiro atoms. The summed E-state index contributed by atoms with van der Waals surface area (Å²) in [5.74, 6) is -3.15. The molecule has 8 heteroatoms. The Hall–Kier alpha value is -3.71. The minimum absolute atomic E-state index is 0.0457. The van der Waals surface area contributed by atoms with E-state index in [0.29, 0.717) is 17.2 Å². The van der Waals surface area contributed by atoms with Gasteiger partial charge in [-0.3, -0.25) is 9.59 Å². The summed E-state index contributed by atoms with van der Waals surface area (Å²) in [5, 5.41) is 11.5. The van der Waals surface area contributed by atoms with Gasteiger partial charge < -0.3 is 14.7 Å². The number of nitrogens with zero attached hydrogens (tertiary/aromatic N) is 1. The molecule has 0 aliphatic carbocycles. The number of carbonyl (C=O) groups excluding carboxylic acids is 2. The van der Waals surface area contributed by atoms with E-state index in [1.165, 1.54) is 65.6 Å². The predicted molar refractivity (Wildman–Crippen MR) is 123 cm³/mol. The molecule has 1 heterocycles. The first-order valence-electron chi connectivity index (χ1n) is 10.5. The molecule has 1 N–H and O–H groups in total. The van der Waals surface area contributed by atoms with Crippen molar-refractivity contribution in [2.24, 2.45) is 0 Å². The lowest BCUT2D eigenvalue weighted by Gasteiger charge is -2.25. The molecule has 174 valence electrons. The second kappa shape index (κ2) is 9.65. The van der Waals surface area contributed by atoms with Crippen LogP contribution in [0.25, 0.3) is 5.76 Å². The third kappa shape index (κ3) is 4.39. The number of Topliss-reactive ketones (excluding diaryl/α,β-unsaturated/α-hetero) is 1. The van der Waals surface area contributed by atoms with Crippen LogP contribution in [0.4, 0.5) is 8.78 Å². The molecule has 1 atom stereocenters. The number of aliphatic hydroxyl groups is 1. The van der Waals surface area contributed by atoms with Crippen LogP contribution >= 0.6 is 11.6 Å². The molecule has 1 amide bonds. The van der Waals surface area contributed by atoms with Crippen LogP contribution in [0.3, 0.4) is 0 Å². The Morgan fingerprint density at radius 1 is 1.06 bits per heavy atom. The van der Waals surface area contributed by atoms with Gasteiger partial charge in [-0.15, -0.1) is 0 Å². The van der Waals surface area contributed by atoms with Crippen molar-refractivity contribution in [2.75, 3.05) is 6.61 Å². The number of hydrogen-bond donors (Lipinski definition) is 1. The largest absolute Gasteiger partial charge is 0.507 e. The van der Waals surface area contributed by atoms with Gasteiger partial charge in [0, 0.05) is 17.7 Å². The highest BCUT2D eigenvalue weighted by Crippen LogP contribution is 2.42. The second-order valence-electron chi connectivity index (χ2n) is 7.65. The number of ether oxygens (including phenoxy) is 1. The number of ketones is 1. The van der Waals surface area contributed by atoms with E-state index < -0.39 is 35.1 Å². The summed E-state index contributed by atoms with van der Waals surface area (Å²) >= 11 is 6.13. The quantitative estimate of drug-likeness (QED) is 0.280. The zero-order chi connectivity index (χ0) is 24.4. The number of rotatable bonds is 6. The fraction of sp³-hybridized carbons (Fsp3) is 0.154. The number of hydrogen-bond acceptors (Lipinski definition) is 4. The first kappa shape index (κ1) is 23.4. The third-order valence-electron chi connectivity index (χ3n) is 5.51. The molecule has 3 aromatic carbocycles. The first-order chi connectivity index (χ1) is 16.3. The SMILES string of the molecule is CCOc1cc(/C(O)=C2\C(=O)C(=O)N(Cc3ccc(F)cc3)C2c2ccccc2F)ccc1Cl. The molecular formula is C26H20ClF2NO4. The van der Waals surface area contributed by atoms with Crippen LogP contribution in [0.1, 0.15) is 29.7 Å². The molecule has 1 aliphatic heterocycles. The molecule has 1 fully saturated rings. The second-order valence-corrected chi connectivity index (χ2v) is 8.06. The molecule has 5 nitrogen and oxygen atoms in total. The van der Waals surface area contributed by atoms with Crippen molar-refractivity contribution >= 4 is 29.1 Å². The maximum atomic E-state index is 14.9. The van der Waals surface area contributed by atoms with Gasteiger partial charge in [-0.25, -0.2) is 8.78 Å². The summed E-state index contributed by atoms with van der Waals surface area (Å²) in [6.45, 7) is 1.99. The summed E-state index contributed by atoms with van der Waals surface area (Å²) in [6.07, 6.45) is 0. The summed E-state index contributed by atoms with van der Waals surface area (Å²) < 4.78 is 33.7. The van der Waals surface area contributed by atoms with E-state index in [-0.39, 0.29) is 29.0 Å². The molecular weight excluding hydrogens is 464 g/mol. The average Bonchev–Trinajstić information content (AvgIpc) is 3.06. The van der Waals surface area contributed by atoms with Crippen molar-refractivity contribution in [2.45, 2.75) is 19.5 Å². The maximum Gasteiger partial charge on any atom is 0.295 e. The normalized spacial score (nSPS) is 17.3. The number of halogens is 3. The summed E-state index contributed by atoms with van der Waals surface area (Å²) in [4.78, 5) is 27.3. The Labute approximate surface area is 199 Å². The maximum absolute atomic E-state index is 14.9. The highest BCUT2D eigenvalue weighted by atomic mass is 35.5. The van der Waals surface area contributed by atoms with E-state index in [4.69, 9.17) is 16.3 Å². The lowest BCUT2D eigenvalue weighted by atomic mass is 9.94. The zero-order valence-electron chi connectivity index (χ0n) is 18.1. The molecule has 1 unspecified atom stereocenters. The number of carbonyl (C=O) groups is 2. The fourth-order valence-electron chi connectivity index (χ4n) is 3.92. The van der Waals surface area contributed by atoms with Gasteiger partial charge >= 0.3 is 0 Å². The molecule has 0 saturated carbocycles. The van der Waals surface area contributed by atoms with E-state index in [2.05, 4.69) is 0 Å². The van der Waals surface area contributed by atoms with E-state index >= 15 is 0 Å². The standard InChI is InChI=1S/C26H20ClF2NO4/c1-2-34-21-13-16(9-12-19(21)27)24(31)22-23(18-5-3-4-6-20(18)29)30(26(33)25(22)32)14-15-7-10-17(28)11-8-15/h3-13,23,31H,2,14H2,1H3/b24-22+. The van der Waals surface area contributed by atoms with Crippen molar-refractivity contribution in [3.8, 4) is 5.75 Å². The Morgan fingerprint density at radius 2 is 1.76 bits per heavy atom. The van der Waals surface area contributed by atoms with Crippen LogP contribution in [0.5, 0.6) is 5.75 Å². The Bertz CT molecular complexity index is 1290. The molecule has 0 bridgehead atoms. The Kier molecular flexibility index (Phi) is 6.65. The number of aliphatic hydroxyl groups excluding tert-OH is 1. The highest BCUT2D eigenvalue weighted by Gasteiger charge is 2.47. The van der Waals surface area contributed by atoms with E-state index in [0.717, 1.165) is 0 Å². The monoisotopic (exact) mass is 483 g/mol. The lowest BCUT2D eigenvalue weighted by molar-refractivity contribution is -0.140. The van der Waals surface area contributed by atoms with E-state index in [9.17, 15) is 23.5 Å². The molecule has 34 heavy (non-hydrogen) atoms. The van der Waals surface area contributed by atoms with Crippen molar-refractivity contribution in [1.82, 2.24) is 4.90 Å². The van der Waals surface area contributed by atoms with Gasteiger partial charge in [-0.05, 0) is 48.9 Å². The lowest BCUT2D eigenvalue weighted by Crippen LogP contribution is -2.29. The van der Waals surface area contributed by atoms with Crippen LogP contribution in [0.15, 0.2) is 72.3 Å². The molecule has 1 aliphatic rings. The number of amides is 1. The van der Waals surface area contributed by atoms with Crippen molar-refractivity contribution in [3.05, 3.63) is 106 Å². The van der Waals surface area contributed by atoms with Crippen LogP contribution < -0.4 is 4.74 Å². The van der Waals surface area contributed by atoms with Crippen molar-refractivity contribution in [1.29, 1.82) is 0 Å². The van der Waals surface area contributed by atoms with Gasteiger partial charge in [0.1, 0.15) is 23.1 Å². The molecule has 0 aromatic heterocycles. The summed E-state index contributed by atoms with van der Waals surface area (Å²) in [6, 6.07) is 14.4. The van der Waals surface area contributed by atoms with Crippen molar-refractivity contribution in [3.63, 3.8) is 0 Å². The third-order valence-corrected chi connectivity index (χ3v) is 5.82. The van der Waals surface area contributed by atoms with Crippen LogP contribution in [0, 0.1) is 11.6 Å². The number of benzene rings is 3. The van der Waals surface area contributed by atoms with Crippen LogP contribution in [-0.4, -0.2) is 28.3 Å². The minimum Gasteiger partial charge on any atom is -0.507 e. The topological polar surface area (TPSA) is 66.8 Å². The van der Waals surface area contributed by atoms with Crippen molar-refractivity contribution < 1.29 is 28.2 Å². The molecule has 1 saturated heterocycles. The van der Waals surface area contributed by atoms with Gasteiger partial charge in [0.2, 0.25) is 0 Å². The summed E-state index contributed by atoms with van der Waals surface area (Å²) in [7, 11) is 0. The fourth-order valence-corrected chi connectivity index (χ4v) is 4.09. The summed E-state index contributed by atoms with van der Waals surface area (Å²) in [5.41, 5.74) is 0.509. The average molecular weight is 484 g/mol. The van der Waals surface area contributed by atoms with E-state index in [1.54, 1.807) is 13.0 Å². The number of likely N-dealkylation sites (tertiary alicyclic amines) is 1. The van der Waals surface area contributed by atoms with Gasteiger partial charge in [0.15, 0.2) is 0 Å². The van der Waals surface area contributed by atoms with Gasteiger partial charge in [0.25, 0.3) is 11.7 Å². The minimum atomic E-state index is -1.20. The van der Waals surface area contributed by atoms with Gasteiger partial charge in [-0.1, -0.05) is 41.9 Å². The zero-order valence-corrected chi connectivity index (χ0v) is 18.9. The van der Waals surface area contributed by atoms with Crippen LogP contribution in [-0.2, 0) is 16.1 Å². The Balaban J connectivity index is 1.87. The first-order valence-corrected chi connectivity index (χ1v) is 10.9.